The molecule has 3 nitrogen and oxygen atoms in total. The highest BCUT2D eigenvalue weighted by atomic mass is 16.7. The molecule has 1 fully saturated rings. The van der Waals surface area contributed by atoms with E-state index in [1.165, 1.54) is 12.8 Å². The van der Waals surface area contributed by atoms with Crippen LogP contribution in [-0.2, 0) is 4.94 Å². The fourth-order valence-corrected chi connectivity index (χ4v) is 0.949. The molecular formula is C5H10N2O. The first-order chi connectivity index (χ1) is 3.93. The molecule has 0 unspecified atom stereocenters. The van der Waals surface area contributed by atoms with E-state index in [1.807, 2.05) is 0 Å². The van der Waals surface area contributed by atoms with Gasteiger partial charge in [-0.3, -0.25) is 0 Å². The van der Waals surface area contributed by atoms with E-state index < -0.39 is 0 Å². The molecule has 8 heavy (non-hydrogen) atoms. The highest BCUT2D eigenvalue weighted by molar-refractivity contribution is 5.85. The molecule has 0 atom stereocenters. The lowest BCUT2D eigenvalue weighted by Crippen LogP contribution is -1.95. The van der Waals surface area contributed by atoms with E-state index in [-0.39, 0.29) is 0 Å². The predicted octanol–water partition coefficient (Wildman–Crippen LogP) is 0.807. The zero-order valence-electron chi connectivity index (χ0n) is 4.76. The van der Waals surface area contributed by atoms with E-state index >= 15 is 0 Å². The topological polar surface area (TPSA) is 47.6 Å². The van der Waals surface area contributed by atoms with Crippen LogP contribution in [0.4, 0.5) is 0 Å². The highest BCUT2D eigenvalue weighted by Gasteiger charge is 2.07. The van der Waals surface area contributed by atoms with Gasteiger partial charge in [0.1, 0.15) is 0 Å². The van der Waals surface area contributed by atoms with Crippen LogP contribution in [-0.4, -0.2) is 5.71 Å². The lowest BCUT2D eigenvalue weighted by molar-refractivity contribution is 0.148. The Morgan fingerprint density at radius 3 is 2.50 bits per heavy atom. The van der Waals surface area contributed by atoms with E-state index in [4.69, 9.17) is 5.90 Å². The zero-order valence-corrected chi connectivity index (χ0v) is 4.76. The van der Waals surface area contributed by atoms with Gasteiger partial charge >= 0.3 is 0 Å². The van der Waals surface area contributed by atoms with Gasteiger partial charge in [-0.15, -0.1) is 5.90 Å². The van der Waals surface area contributed by atoms with E-state index in [2.05, 4.69) is 10.1 Å². The monoisotopic (exact) mass is 114 g/mol. The molecule has 0 aromatic rings. The van der Waals surface area contributed by atoms with Crippen LogP contribution in [0, 0.1) is 0 Å². The average Bonchev–Trinajstić information content (AvgIpc) is 2.19. The Labute approximate surface area is 48.5 Å². The standard InChI is InChI=1S/C5H10N2O/c6-8-7-5-3-1-2-4-5/h1-4,6H2. The van der Waals surface area contributed by atoms with Gasteiger partial charge in [0.2, 0.25) is 0 Å². The summed E-state index contributed by atoms with van der Waals surface area (Å²) >= 11 is 0. The van der Waals surface area contributed by atoms with Crippen LogP contribution in [0.3, 0.4) is 0 Å². The van der Waals surface area contributed by atoms with Crippen LogP contribution in [0.2, 0.25) is 0 Å². The summed E-state index contributed by atoms with van der Waals surface area (Å²) in [4.78, 5) is 4.11. The van der Waals surface area contributed by atoms with E-state index in [0.717, 1.165) is 18.6 Å². The highest BCUT2D eigenvalue weighted by Crippen LogP contribution is 2.13. The summed E-state index contributed by atoms with van der Waals surface area (Å²) in [5.41, 5.74) is 1.10. The van der Waals surface area contributed by atoms with Crippen molar-refractivity contribution in [3.05, 3.63) is 0 Å². The van der Waals surface area contributed by atoms with Crippen molar-refractivity contribution in [3.8, 4) is 0 Å². The van der Waals surface area contributed by atoms with Crippen LogP contribution in [0.25, 0.3) is 0 Å². The Bertz CT molecular complexity index is 92.6. The lowest BCUT2D eigenvalue weighted by atomic mass is 10.3. The summed E-state index contributed by atoms with van der Waals surface area (Å²) in [5.74, 6) is 4.72. The third-order valence-corrected chi connectivity index (χ3v) is 1.36. The molecule has 1 saturated carbocycles. The molecule has 0 amide bonds. The van der Waals surface area contributed by atoms with Gasteiger partial charge in [-0.05, 0) is 25.7 Å². The van der Waals surface area contributed by atoms with Crippen molar-refractivity contribution in [2.45, 2.75) is 25.7 Å². The third-order valence-electron chi connectivity index (χ3n) is 1.36. The van der Waals surface area contributed by atoms with Gasteiger partial charge in [0.15, 0.2) is 0 Å². The molecule has 2 N–H and O–H groups in total. The number of hydrogen-bond donors (Lipinski definition) is 1. The molecule has 1 rings (SSSR count). The third kappa shape index (κ3) is 1.20. The van der Waals surface area contributed by atoms with Crippen molar-refractivity contribution in [3.63, 3.8) is 0 Å². The summed E-state index contributed by atoms with van der Waals surface area (Å²) < 4.78 is 0. The SMILES string of the molecule is NON=C1CCCC1. The smallest absolute Gasteiger partial charge is 0.0597 e. The minimum absolute atomic E-state index is 1.07. The summed E-state index contributed by atoms with van der Waals surface area (Å²) in [5, 5.41) is 3.62. The zero-order chi connectivity index (χ0) is 5.82. The minimum atomic E-state index is 1.07. The van der Waals surface area contributed by atoms with Crippen molar-refractivity contribution in [2.75, 3.05) is 0 Å². The maximum Gasteiger partial charge on any atom is 0.0597 e. The maximum absolute atomic E-state index is 4.72. The Morgan fingerprint density at radius 2 is 2.00 bits per heavy atom. The summed E-state index contributed by atoms with van der Waals surface area (Å²) in [7, 11) is 0. The lowest BCUT2D eigenvalue weighted by Gasteiger charge is -1.88. The number of nitrogens with zero attached hydrogens (tertiary/aromatic N) is 1. The molecule has 46 valence electrons. The van der Waals surface area contributed by atoms with E-state index in [0.29, 0.717) is 0 Å². The van der Waals surface area contributed by atoms with Crippen molar-refractivity contribution < 1.29 is 4.94 Å². The largest absolute Gasteiger partial charge is 0.303 e. The molecule has 0 spiro atoms. The van der Waals surface area contributed by atoms with Crippen molar-refractivity contribution in [1.82, 2.24) is 0 Å². The fourth-order valence-electron chi connectivity index (χ4n) is 0.949. The van der Waals surface area contributed by atoms with Gasteiger partial charge in [0, 0.05) is 0 Å². The molecule has 0 radical (unpaired) electrons. The second-order valence-electron chi connectivity index (χ2n) is 1.97. The number of nitrogens with two attached hydrogens (primary N) is 1. The maximum atomic E-state index is 4.72. The van der Waals surface area contributed by atoms with Gasteiger partial charge in [-0.25, -0.2) is 0 Å². The first-order valence-electron chi connectivity index (χ1n) is 2.85. The molecule has 0 heterocycles. The molecule has 0 aromatic heterocycles. The van der Waals surface area contributed by atoms with Gasteiger partial charge in [-0.2, -0.15) is 0 Å². The van der Waals surface area contributed by atoms with Crippen LogP contribution in [0.1, 0.15) is 25.7 Å². The molecule has 1 aliphatic carbocycles. The molecule has 1 aliphatic rings. The molecule has 0 aliphatic heterocycles. The minimum Gasteiger partial charge on any atom is -0.303 e. The fraction of sp³-hybridized carbons (Fsp3) is 0.800. The second kappa shape index (κ2) is 2.67. The Balaban J connectivity index is 2.33. The van der Waals surface area contributed by atoms with Crippen LogP contribution < -0.4 is 5.90 Å². The molecule has 0 bridgehead atoms. The number of rotatable bonds is 1. The second-order valence-corrected chi connectivity index (χ2v) is 1.97. The average molecular weight is 114 g/mol. The quantitative estimate of drug-likeness (QED) is 0.513. The van der Waals surface area contributed by atoms with Crippen LogP contribution in [0.15, 0.2) is 5.16 Å². The van der Waals surface area contributed by atoms with Crippen LogP contribution >= 0.6 is 0 Å². The van der Waals surface area contributed by atoms with Crippen molar-refractivity contribution >= 4 is 5.71 Å². The normalized spacial score (nSPS) is 18.9. The van der Waals surface area contributed by atoms with Gasteiger partial charge < -0.3 is 4.94 Å². The van der Waals surface area contributed by atoms with Crippen LogP contribution in [0.5, 0.6) is 0 Å². The molecular weight excluding hydrogens is 104 g/mol. The first kappa shape index (κ1) is 5.56. The van der Waals surface area contributed by atoms with Crippen molar-refractivity contribution in [1.29, 1.82) is 0 Å². The van der Waals surface area contributed by atoms with Crippen molar-refractivity contribution in [2.24, 2.45) is 11.1 Å². The predicted molar refractivity (Wildman–Crippen MR) is 31.2 cm³/mol. The van der Waals surface area contributed by atoms with Gasteiger partial charge in [-0.1, -0.05) is 5.16 Å². The molecule has 0 saturated heterocycles. The number of oxime groups is 1. The Kier molecular flexibility index (Phi) is 1.86. The summed E-state index contributed by atoms with van der Waals surface area (Å²) in [6.07, 6.45) is 4.61. The molecule has 0 aromatic carbocycles. The van der Waals surface area contributed by atoms with E-state index in [9.17, 15) is 0 Å². The Hall–Kier alpha value is -0.570. The summed E-state index contributed by atoms with van der Waals surface area (Å²) in [6, 6.07) is 0. The van der Waals surface area contributed by atoms with Gasteiger partial charge in [0.05, 0.1) is 5.71 Å². The summed E-state index contributed by atoms with van der Waals surface area (Å²) in [6.45, 7) is 0. The molecule has 3 heteroatoms. The number of hydrogen-bond acceptors (Lipinski definition) is 3. The van der Waals surface area contributed by atoms with E-state index in [1.54, 1.807) is 0 Å². The Morgan fingerprint density at radius 1 is 1.38 bits per heavy atom. The van der Waals surface area contributed by atoms with Gasteiger partial charge in [0.25, 0.3) is 0 Å². The first-order valence-corrected chi connectivity index (χ1v) is 2.85.